The Labute approximate surface area is 119 Å². The van der Waals surface area contributed by atoms with E-state index in [4.69, 9.17) is 4.84 Å². The molecule has 1 heterocycles. The fourth-order valence-corrected chi connectivity index (χ4v) is 2.34. The zero-order valence-electron chi connectivity index (χ0n) is 13.8. The largest absolute Gasteiger partial charge is 0.307 e. The predicted molar refractivity (Wildman–Crippen MR) is 79.0 cm³/mol. The molecule has 0 spiro atoms. The third-order valence-electron chi connectivity index (χ3n) is 3.36. The van der Waals surface area contributed by atoms with Crippen LogP contribution >= 0.6 is 0 Å². The summed E-state index contributed by atoms with van der Waals surface area (Å²) in [4.78, 5) is 8.09. The standard InChI is InChI=1S/C14H32N4O/c1-8-9-10-16-13(2)17(14(3,4)5)18(16)19-12-11-15(6)7/h13H,8-12H2,1-7H3. The van der Waals surface area contributed by atoms with Crippen molar-refractivity contribution in [3.8, 4) is 0 Å². The molecule has 19 heavy (non-hydrogen) atoms. The van der Waals surface area contributed by atoms with Crippen molar-refractivity contribution >= 4 is 0 Å². The van der Waals surface area contributed by atoms with Gasteiger partial charge in [-0.25, -0.2) is 0 Å². The van der Waals surface area contributed by atoms with E-state index in [0.717, 1.165) is 19.7 Å². The van der Waals surface area contributed by atoms with Crippen LogP contribution in [0.25, 0.3) is 0 Å². The second-order valence-electron chi connectivity index (χ2n) is 6.55. The molecule has 0 aliphatic carbocycles. The van der Waals surface area contributed by atoms with Crippen molar-refractivity contribution in [2.45, 2.75) is 59.2 Å². The molecule has 114 valence electrons. The molecule has 0 N–H and O–H groups in total. The van der Waals surface area contributed by atoms with Crippen LogP contribution in [0.4, 0.5) is 0 Å². The third kappa shape index (κ3) is 4.39. The highest BCUT2D eigenvalue weighted by molar-refractivity contribution is 4.82. The van der Waals surface area contributed by atoms with E-state index in [1.54, 1.807) is 0 Å². The molecule has 1 aliphatic rings. The van der Waals surface area contributed by atoms with Gasteiger partial charge in [0.1, 0.15) is 0 Å². The molecule has 1 atom stereocenters. The van der Waals surface area contributed by atoms with E-state index in [2.05, 4.69) is 63.6 Å². The Balaban J connectivity index is 2.56. The smallest absolute Gasteiger partial charge is 0.0943 e. The lowest BCUT2D eigenvalue weighted by atomic mass is 10.1. The van der Waals surface area contributed by atoms with Crippen molar-refractivity contribution in [3.05, 3.63) is 0 Å². The van der Waals surface area contributed by atoms with E-state index < -0.39 is 0 Å². The van der Waals surface area contributed by atoms with Crippen molar-refractivity contribution in [1.82, 2.24) is 20.2 Å². The monoisotopic (exact) mass is 272 g/mol. The maximum atomic E-state index is 5.95. The first-order chi connectivity index (χ1) is 8.79. The van der Waals surface area contributed by atoms with Gasteiger partial charge in [0, 0.05) is 18.6 Å². The van der Waals surface area contributed by atoms with Gasteiger partial charge >= 0.3 is 0 Å². The highest BCUT2D eigenvalue weighted by Gasteiger charge is 2.48. The first kappa shape index (κ1) is 16.9. The summed E-state index contributed by atoms with van der Waals surface area (Å²) in [5.41, 5.74) is 0.0836. The van der Waals surface area contributed by atoms with Crippen molar-refractivity contribution in [2.24, 2.45) is 0 Å². The molecule has 0 aromatic carbocycles. The van der Waals surface area contributed by atoms with Gasteiger partial charge in [0.25, 0.3) is 0 Å². The molecule has 0 aromatic rings. The Hall–Kier alpha value is -0.200. The van der Waals surface area contributed by atoms with Crippen LogP contribution in [0.15, 0.2) is 0 Å². The summed E-state index contributed by atoms with van der Waals surface area (Å²) >= 11 is 0. The average molecular weight is 272 g/mol. The Kier molecular flexibility index (Phi) is 6.20. The summed E-state index contributed by atoms with van der Waals surface area (Å²) in [6.07, 6.45) is 2.83. The minimum absolute atomic E-state index is 0.0836. The second kappa shape index (κ2) is 6.99. The molecule has 1 unspecified atom stereocenters. The van der Waals surface area contributed by atoms with E-state index in [1.807, 2.05) is 5.28 Å². The molecule has 5 nitrogen and oxygen atoms in total. The molecule has 1 aliphatic heterocycles. The van der Waals surface area contributed by atoms with E-state index >= 15 is 0 Å². The number of hydrogen-bond acceptors (Lipinski definition) is 5. The lowest BCUT2D eigenvalue weighted by Gasteiger charge is -2.61. The van der Waals surface area contributed by atoms with Crippen LogP contribution in [0.2, 0.25) is 0 Å². The van der Waals surface area contributed by atoms with Crippen molar-refractivity contribution in [2.75, 3.05) is 33.8 Å². The van der Waals surface area contributed by atoms with Gasteiger partial charge in [0.05, 0.1) is 12.8 Å². The quantitative estimate of drug-likeness (QED) is 0.706. The van der Waals surface area contributed by atoms with E-state index in [-0.39, 0.29) is 5.54 Å². The Morgan fingerprint density at radius 2 is 1.84 bits per heavy atom. The average Bonchev–Trinajstić information content (AvgIpc) is 2.26. The molecule has 1 saturated heterocycles. The molecule has 0 saturated carbocycles. The highest BCUT2D eigenvalue weighted by atomic mass is 16.8. The molecule has 0 amide bonds. The zero-order chi connectivity index (χ0) is 14.6. The molecule has 1 fully saturated rings. The zero-order valence-corrected chi connectivity index (χ0v) is 13.8. The summed E-state index contributed by atoms with van der Waals surface area (Å²) < 4.78 is 0. The number of rotatable bonds is 7. The third-order valence-corrected chi connectivity index (χ3v) is 3.36. The van der Waals surface area contributed by atoms with Crippen LogP contribution < -0.4 is 0 Å². The molecule has 5 heteroatoms. The highest BCUT2D eigenvalue weighted by Crippen LogP contribution is 2.33. The van der Waals surface area contributed by atoms with Crippen LogP contribution in [-0.2, 0) is 4.84 Å². The summed E-state index contributed by atoms with van der Waals surface area (Å²) in [6, 6.07) is 0. The second-order valence-corrected chi connectivity index (χ2v) is 6.55. The van der Waals surface area contributed by atoms with Crippen LogP contribution in [0.1, 0.15) is 47.5 Å². The van der Waals surface area contributed by atoms with Gasteiger partial charge in [0.2, 0.25) is 0 Å². The SMILES string of the molecule is CCCCN1C(C)N(C(C)(C)C)N1OCCN(C)C. The predicted octanol–water partition coefficient (Wildman–Crippen LogP) is 2.17. The Bertz CT molecular complexity index is 265. The molecular weight excluding hydrogens is 240 g/mol. The molecule has 0 bridgehead atoms. The number of hydrazine groups is 2. The Morgan fingerprint density at radius 3 is 2.32 bits per heavy atom. The number of nitrogens with zero attached hydrogens (tertiary/aromatic N) is 4. The maximum absolute atomic E-state index is 5.95. The maximum Gasteiger partial charge on any atom is 0.0943 e. The van der Waals surface area contributed by atoms with Crippen LogP contribution in [0, 0.1) is 0 Å². The van der Waals surface area contributed by atoms with Crippen LogP contribution in [-0.4, -0.2) is 65.7 Å². The van der Waals surface area contributed by atoms with E-state index in [0.29, 0.717) is 6.17 Å². The van der Waals surface area contributed by atoms with E-state index in [9.17, 15) is 0 Å². The van der Waals surface area contributed by atoms with Gasteiger partial charge in [-0.15, -0.1) is 0 Å². The summed E-state index contributed by atoms with van der Waals surface area (Å²) in [6.45, 7) is 13.9. The lowest BCUT2D eigenvalue weighted by Crippen LogP contribution is -2.77. The molecule has 0 aromatic heterocycles. The van der Waals surface area contributed by atoms with Gasteiger partial charge in [-0.2, -0.15) is 10.0 Å². The minimum Gasteiger partial charge on any atom is -0.307 e. The van der Waals surface area contributed by atoms with Crippen LogP contribution in [0.3, 0.4) is 0 Å². The van der Waals surface area contributed by atoms with Gasteiger partial charge in [-0.3, -0.25) is 4.84 Å². The summed E-state index contributed by atoms with van der Waals surface area (Å²) in [7, 11) is 4.14. The van der Waals surface area contributed by atoms with Gasteiger partial charge in [-0.05, 0) is 53.5 Å². The van der Waals surface area contributed by atoms with E-state index in [1.165, 1.54) is 12.8 Å². The van der Waals surface area contributed by atoms with Crippen molar-refractivity contribution < 1.29 is 4.84 Å². The van der Waals surface area contributed by atoms with Gasteiger partial charge in [0.15, 0.2) is 0 Å². The van der Waals surface area contributed by atoms with Crippen LogP contribution in [0.5, 0.6) is 0 Å². The molecule has 0 radical (unpaired) electrons. The molecular formula is C14H32N4O. The lowest BCUT2D eigenvalue weighted by molar-refractivity contribution is -0.518. The first-order valence-electron chi connectivity index (χ1n) is 7.42. The molecule has 1 rings (SSSR count). The van der Waals surface area contributed by atoms with Crippen molar-refractivity contribution in [3.63, 3.8) is 0 Å². The van der Waals surface area contributed by atoms with Gasteiger partial charge in [-0.1, -0.05) is 13.3 Å². The topological polar surface area (TPSA) is 22.2 Å². The Morgan fingerprint density at radius 1 is 1.21 bits per heavy atom. The number of likely N-dealkylation sites (N-methyl/N-ethyl adjacent to an activating group) is 1. The fraction of sp³-hybridized carbons (Fsp3) is 1.00. The first-order valence-corrected chi connectivity index (χ1v) is 7.42. The normalized spacial score (nSPS) is 23.1. The number of hydrogen-bond donors (Lipinski definition) is 0. The summed E-state index contributed by atoms with van der Waals surface area (Å²) in [5, 5.41) is 6.59. The minimum atomic E-state index is 0.0836. The fourth-order valence-electron chi connectivity index (χ4n) is 2.34. The number of unbranched alkanes of at least 4 members (excludes halogenated alkanes) is 1. The summed E-state index contributed by atoms with van der Waals surface area (Å²) in [5.74, 6) is 0. The van der Waals surface area contributed by atoms with Crippen molar-refractivity contribution in [1.29, 1.82) is 0 Å². The van der Waals surface area contributed by atoms with Gasteiger partial charge < -0.3 is 4.90 Å².